The van der Waals surface area contributed by atoms with Crippen molar-refractivity contribution in [2.75, 3.05) is 33.2 Å². The predicted octanol–water partition coefficient (Wildman–Crippen LogP) is 1.37. The Morgan fingerprint density at radius 1 is 1.09 bits per heavy atom. The van der Waals surface area contributed by atoms with Crippen LogP contribution in [0, 0.1) is 0 Å². The molecule has 4 nitrogen and oxygen atoms in total. The van der Waals surface area contributed by atoms with Gasteiger partial charge in [0.25, 0.3) is 0 Å². The lowest BCUT2D eigenvalue weighted by Crippen LogP contribution is -3.00. The van der Waals surface area contributed by atoms with E-state index in [1.165, 1.54) is 30.4 Å². The number of halogens is 2. The molecule has 0 radical (unpaired) electrons. The van der Waals surface area contributed by atoms with E-state index >= 15 is 0 Å². The standard InChI is InChI=1S/C16H33FN2O2P.HI/c1-4-18(5-2)22(17,20)21-16-12-8-7-11-15(16)19(3)13-9-6-10-14-19;/h15-16H,4-14H2,1-3H3;1H/q+1;/p-1/t15-,16-,22?;/m0./s1. The Kier molecular flexibility index (Phi) is 8.97. The summed E-state index contributed by atoms with van der Waals surface area (Å²) < 4.78 is 35.0. The van der Waals surface area contributed by atoms with Crippen LogP contribution in [0.3, 0.4) is 0 Å². The number of hydrogen-bond donors (Lipinski definition) is 0. The molecule has 0 aromatic rings. The van der Waals surface area contributed by atoms with Crippen LogP contribution in [-0.4, -0.2) is 54.5 Å². The molecule has 138 valence electrons. The predicted molar refractivity (Wildman–Crippen MR) is 88.5 cm³/mol. The second-order valence-electron chi connectivity index (χ2n) is 7.07. The first-order valence-electron chi connectivity index (χ1n) is 9.00. The molecule has 1 heterocycles. The molecule has 1 saturated heterocycles. The number of quaternary nitrogens is 1. The molecule has 0 bridgehead atoms. The Morgan fingerprint density at radius 3 is 2.22 bits per heavy atom. The van der Waals surface area contributed by atoms with E-state index in [1.54, 1.807) is 0 Å². The van der Waals surface area contributed by atoms with Gasteiger partial charge in [0.1, 0.15) is 12.1 Å². The molecule has 0 spiro atoms. The zero-order chi connectivity index (χ0) is 16.2. The van der Waals surface area contributed by atoms with Crippen molar-refractivity contribution < 1.29 is 41.7 Å². The largest absolute Gasteiger partial charge is 1.00 e. The number of hydrogen-bond acceptors (Lipinski definition) is 2. The quantitative estimate of drug-likeness (QED) is 0.340. The normalized spacial score (nSPS) is 30.5. The highest BCUT2D eigenvalue weighted by molar-refractivity contribution is 7.50. The van der Waals surface area contributed by atoms with Gasteiger partial charge in [0.05, 0.1) is 20.1 Å². The number of likely N-dealkylation sites (tertiary alicyclic amines) is 1. The minimum atomic E-state index is -4.17. The van der Waals surface area contributed by atoms with Crippen LogP contribution in [0.5, 0.6) is 0 Å². The molecule has 2 rings (SSSR count). The zero-order valence-corrected chi connectivity index (χ0v) is 17.9. The van der Waals surface area contributed by atoms with Gasteiger partial charge >= 0.3 is 7.83 Å². The van der Waals surface area contributed by atoms with Gasteiger partial charge in [-0.2, -0.15) is 0 Å². The summed E-state index contributed by atoms with van der Waals surface area (Å²) in [6.45, 7) is 6.80. The monoisotopic (exact) mass is 462 g/mol. The fourth-order valence-electron chi connectivity index (χ4n) is 4.27. The zero-order valence-electron chi connectivity index (χ0n) is 14.8. The third kappa shape index (κ3) is 5.37. The van der Waals surface area contributed by atoms with Gasteiger partial charge in [-0.3, -0.25) is 4.52 Å². The molecule has 2 aliphatic rings. The van der Waals surface area contributed by atoms with Gasteiger partial charge in [0, 0.05) is 19.5 Å². The van der Waals surface area contributed by atoms with Gasteiger partial charge in [-0.15, -0.1) is 4.20 Å². The number of rotatable bonds is 6. The van der Waals surface area contributed by atoms with E-state index in [9.17, 15) is 8.76 Å². The van der Waals surface area contributed by atoms with Crippen LogP contribution in [0.1, 0.15) is 58.8 Å². The molecule has 1 saturated carbocycles. The van der Waals surface area contributed by atoms with Gasteiger partial charge in [-0.1, -0.05) is 20.3 Å². The van der Waals surface area contributed by atoms with Gasteiger partial charge in [0.2, 0.25) is 0 Å². The molecule has 7 heteroatoms. The lowest BCUT2D eigenvalue weighted by atomic mass is 9.88. The average molecular weight is 462 g/mol. The minimum Gasteiger partial charge on any atom is -1.00 e. The third-order valence-corrected chi connectivity index (χ3v) is 7.41. The molecule has 0 N–H and O–H groups in total. The van der Waals surface area contributed by atoms with Gasteiger partial charge in [-0.25, -0.2) is 9.24 Å². The van der Waals surface area contributed by atoms with Crippen molar-refractivity contribution in [3.8, 4) is 0 Å². The fourth-order valence-corrected chi connectivity index (χ4v) is 5.66. The number of nitrogens with zero attached hydrogens (tertiary/aromatic N) is 2. The Bertz CT molecular complexity index is 404. The summed E-state index contributed by atoms with van der Waals surface area (Å²) in [7, 11) is -1.88. The first kappa shape index (κ1) is 21.8. The summed E-state index contributed by atoms with van der Waals surface area (Å²) in [5, 5.41) is 0. The van der Waals surface area contributed by atoms with Crippen LogP contribution >= 0.6 is 7.83 Å². The summed E-state index contributed by atoms with van der Waals surface area (Å²) in [6.07, 6.45) is 7.72. The Hall–Kier alpha value is 0.770. The maximum absolute atomic E-state index is 14.7. The highest BCUT2D eigenvalue weighted by Crippen LogP contribution is 2.55. The maximum Gasteiger partial charge on any atom is 0.445 e. The van der Waals surface area contributed by atoms with Crippen LogP contribution in [0.2, 0.25) is 0 Å². The van der Waals surface area contributed by atoms with Crippen molar-refractivity contribution >= 4 is 7.83 Å². The van der Waals surface area contributed by atoms with E-state index in [0.29, 0.717) is 19.1 Å². The SMILES string of the molecule is CCN(CC)P(=O)(F)O[C@H]1CCCC[C@@H]1[N+]1(C)CCCCC1.[I-]. The molecule has 1 unspecified atom stereocenters. The van der Waals surface area contributed by atoms with Crippen molar-refractivity contribution in [3.05, 3.63) is 0 Å². The van der Waals surface area contributed by atoms with Crippen LogP contribution in [0.4, 0.5) is 4.20 Å². The van der Waals surface area contributed by atoms with Crippen molar-refractivity contribution in [1.82, 2.24) is 4.67 Å². The second kappa shape index (κ2) is 9.46. The Labute approximate surface area is 158 Å². The van der Waals surface area contributed by atoms with E-state index in [2.05, 4.69) is 7.05 Å². The summed E-state index contributed by atoms with van der Waals surface area (Å²) in [6, 6.07) is 0.300. The van der Waals surface area contributed by atoms with Gasteiger partial charge < -0.3 is 28.5 Å². The summed E-state index contributed by atoms with van der Waals surface area (Å²) in [5.41, 5.74) is 0. The first-order valence-corrected chi connectivity index (χ1v) is 10.5. The molecule has 1 aliphatic carbocycles. The smallest absolute Gasteiger partial charge is 0.445 e. The minimum absolute atomic E-state index is 0. The van der Waals surface area contributed by atoms with Crippen LogP contribution in [0.25, 0.3) is 0 Å². The van der Waals surface area contributed by atoms with E-state index in [1.807, 2.05) is 13.8 Å². The van der Waals surface area contributed by atoms with Crippen molar-refractivity contribution in [2.24, 2.45) is 0 Å². The molecule has 23 heavy (non-hydrogen) atoms. The lowest BCUT2D eigenvalue weighted by molar-refractivity contribution is -0.941. The number of piperidine rings is 1. The topological polar surface area (TPSA) is 29.5 Å². The summed E-state index contributed by atoms with van der Waals surface area (Å²) >= 11 is 0. The third-order valence-electron chi connectivity index (χ3n) is 5.64. The molecule has 3 atom stereocenters. The number of likely N-dealkylation sites (N-methyl/N-ethyl adjacent to an activating group) is 1. The highest BCUT2D eigenvalue weighted by Gasteiger charge is 2.45. The summed E-state index contributed by atoms with van der Waals surface area (Å²) in [4.78, 5) is 0. The maximum atomic E-state index is 14.7. The molecule has 0 aromatic heterocycles. The van der Waals surface area contributed by atoms with Crippen molar-refractivity contribution in [1.29, 1.82) is 0 Å². The molecule has 2 fully saturated rings. The van der Waals surface area contributed by atoms with E-state index in [0.717, 1.165) is 36.8 Å². The van der Waals surface area contributed by atoms with Crippen LogP contribution in [-0.2, 0) is 9.09 Å². The van der Waals surface area contributed by atoms with E-state index < -0.39 is 7.83 Å². The lowest BCUT2D eigenvalue weighted by Gasteiger charge is -2.48. The molecular formula is C16H33FIN2O2P. The average Bonchev–Trinajstić information content (AvgIpc) is 2.49. The van der Waals surface area contributed by atoms with Crippen LogP contribution < -0.4 is 24.0 Å². The highest BCUT2D eigenvalue weighted by atomic mass is 127. The van der Waals surface area contributed by atoms with Gasteiger partial charge in [0.15, 0.2) is 0 Å². The summed E-state index contributed by atoms with van der Waals surface area (Å²) in [5.74, 6) is 0. The van der Waals surface area contributed by atoms with Gasteiger partial charge in [-0.05, 0) is 32.1 Å². The molecule has 0 amide bonds. The Balaban J connectivity index is 0.00000264. The van der Waals surface area contributed by atoms with E-state index in [4.69, 9.17) is 4.52 Å². The Morgan fingerprint density at radius 2 is 1.65 bits per heavy atom. The second-order valence-corrected chi connectivity index (χ2v) is 8.75. The molecule has 0 aromatic carbocycles. The first-order chi connectivity index (χ1) is 10.4. The van der Waals surface area contributed by atoms with E-state index in [-0.39, 0.29) is 30.1 Å². The fraction of sp³-hybridized carbons (Fsp3) is 1.00. The van der Waals surface area contributed by atoms with Crippen molar-refractivity contribution in [3.63, 3.8) is 0 Å². The molecule has 1 aliphatic heterocycles. The van der Waals surface area contributed by atoms with Crippen molar-refractivity contribution in [2.45, 2.75) is 70.9 Å². The van der Waals surface area contributed by atoms with Crippen LogP contribution in [0.15, 0.2) is 0 Å². The molecular weight excluding hydrogens is 429 g/mol.